The van der Waals surface area contributed by atoms with E-state index in [-0.39, 0.29) is 23.5 Å². The van der Waals surface area contributed by atoms with Crippen LogP contribution < -0.4 is 10.6 Å². The monoisotopic (exact) mass is 416 g/mol. The topological polar surface area (TPSA) is 58.2 Å². The van der Waals surface area contributed by atoms with Crippen LogP contribution in [0.3, 0.4) is 0 Å². The van der Waals surface area contributed by atoms with E-state index in [2.05, 4.69) is 22.8 Å². The Balaban J connectivity index is 1.40. The Morgan fingerprint density at radius 1 is 0.968 bits per heavy atom. The molecule has 2 N–H and O–H groups in total. The van der Waals surface area contributed by atoms with Crippen molar-refractivity contribution in [3.63, 3.8) is 0 Å². The first-order valence-electron chi connectivity index (χ1n) is 10.6. The highest BCUT2D eigenvalue weighted by molar-refractivity contribution is 5.95. The van der Waals surface area contributed by atoms with Gasteiger partial charge in [-0.25, -0.2) is 4.39 Å². The number of rotatable bonds is 6. The molecule has 158 valence electrons. The molecule has 1 atom stereocenters. The molecule has 1 aliphatic heterocycles. The predicted molar refractivity (Wildman–Crippen MR) is 119 cm³/mol. The van der Waals surface area contributed by atoms with Gasteiger partial charge in [-0.05, 0) is 65.8 Å². The summed E-state index contributed by atoms with van der Waals surface area (Å²) in [5.74, 6) is -0.274. The van der Waals surface area contributed by atoms with Crippen LogP contribution in [-0.4, -0.2) is 18.4 Å². The van der Waals surface area contributed by atoms with E-state index in [9.17, 15) is 14.0 Å². The molecule has 0 aliphatic carbocycles. The van der Waals surface area contributed by atoms with E-state index in [0.717, 1.165) is 48.1 Å². The zero-order chi connectivity index (χ0) is 21.6. The Labute approximate surface area is 181 Å². The van der Waals surface area contributed by atoms with Crippen LogP contribution >= 0.6 is 0 Å². The summed E-state index contributed by atoms with van der Waals surface area (Å²) in [4.78, 5) is 24.5. The molecule has 1 saturated heterocycles. The molecule has 0 spiro atoms. The molecule has 4 rings (SSSR count). The van der Waals surface area contributed by atoms with Gasteiger partial charge in [-0.1, -0.05) is 48.5 Å². The van der Waals surface area contributed by atoms with Gasteiger partial charge in [-0.2, -0.15) is 0 Å². The molecular formula is C26H25FN2O2. The molecular weight excluding hydrogens is 391 g/mol. The smallest absolute Gasteiger partial charge is 0.251 e. The number of carbonyl (C=O) groups is 2. The van der Waals surface area contributed by atoms with Gasteiger partial charge in [0.05, 0.1) is 0 Å². The summed E-state index contributed by atoms with van der Waals surface area (Å²) in [6, 6.07) is 21.7. The highest BCUT2D eigenvalue weighted by Gasteiger charge is 2.21. The van der Waals surface area contributed by atoms with Gasteiger partial charge in [0, 0.05) is 24.6 Å². The van der Waals surface area contributed by atoms with Crippen molar-refractivity contribution in [2.75, 3.05) is 6.54 Å². The molecule has 4 nitrogen and oxygen atoms in total. The fourth-order valence-electron chi connectivity index (χ4n) is 3.87. The predicted octanol–water partition coefficient (Wildman–Crippen LogP) is 4.49. The van der Waals surface area contributed by atoms with Crippen molar-refractivity contribution in [2.45, 2.75) is 25.8 Å². The average molecular weight is 416 g/mol. The van der Waals surface area contributed by atoms with Gasteiger partial charge in [0.25, 0.3) is 5.91 Å². The zero-order valence-corrected chi connectivity index (χ0v) is 17.2. The van der Waals surface area contributed by atoms with E-state index < -0.39 is 0 Å². The van der Waals surface area contributed by atoms with Gasteiger partial charge >= 0.3 is 0 Å². The molecule has 0 unspecified atom stereocenters. The van der Waals surface area contributed by atoms with E-state index in [1.54, 1.807) is 18.2 Å². The van der Waals surface area contributed by atoms with Crippen molar-refractivity contribution in [3.05, 3.63) is 95.3 Å². The fourth-order valence-corrected chi connectivity index (χ4v) is 3.87. The highest BCUT2D eigenvalue weighted by Crippen LogP contribution is 2.23. The minimum absolute atomic E-state index is 0.0488. The number of hydrogen-bond donors (Lipinski definition) is 2. The van der Waals surface area contributed by atoms with Crippen LogP contribution in [0.4, 0.5) is 4.39 Å². The normalized spacial score (nSPS) is 15.9. The van der Waals surface area contributed by atoms with Gasteiger partial charge in [0.15, 0.2) is 0 Å². The van der Waals surface area contributed by atoms with E-state index in [1.165, 1.54) is 12.1 Å². The molecule has 0 saturated carbocycles. The van der Waals surface area contributed by atoms with E-state index in [0.29, 0.717) is 12.1 Å². The molecule has 1 aliphatic rings. The lowest BCUT2D eigenvalue weighted by Gasteiger charge is -2.21. The van der Waals surface area contributed by atoms with E-state index >= 15 is 0 Å². The molecule has 0 aromatic heterocycles. The Morgan fingerprint density at radius 3 is 2.45 bits per heavy atom. The molecule has 2 amide bonds. The summed E-state index contributed by atoms with van der Waals surface area (Å²) in [6.45, 7) is 1.12. The maximum Gasteiger partial charge on any atom is 0.251 e. The molecule has 5 heteroatoms. The third kappa shape index (κ3) is 5.37. The summed E-state index contributed by atoms with van der Waals surface area (Å²) in [6.07, 6.45) is 2.71. The molecule has 0 bridgehead atoms. The SMILES string of the molecule is O=C(NCc1ccc(F)cc1)c1cccc(-c2ccc(C[C@@H]3CCCNC3=O)cc2)c1. The third-order valence-corrected chi connectivity index (χ3v) is 5.66. The third-order valence-electron chi connectivity index (χ3n) is 5.66. The quantitative estimate of drug-likeness (QED) is 0.622. The summed E-state index contributed by atoms with van der Waals surface area (Å²) in [7, 11) is 0. The van der Waals surface area contributed by atoms with Gasteiger partial charge in [0.1, 0.15) is 5.82 Å². The number of halogens is 1. The number of nitrogens with one attached hydrogen (secondary N) is 2. The van der Waals surface area contributed by atoms with Crippen molar-refractivity contribution in [1.82, 2.24) is 10.6 Å². The second-order valence-corrected chi connectivity index (χ2v) is 7.92. The maximum atomic E-state index is 13.0. The van der Waals surface area contributed by atoms with Gasteiger partial charge in [0.2, 0.25) is 5.91 Å². The maximum absolute atomic E-state index is 13.0. The summed E-state index contributed by atoms with van der Waals surface area (Å²) >= 11 is 0. The van der Waals surface area contributed by atoms with Gasteiger partial charge in [-0.15, -0.1) is 0 Å². The lowest BCUT2D eigenvalue weighted by Crippen LogP contribution is -2.37. The first-order chi connectivity index (χ1) is 15.1. The van der Waals surface area contributed by atoms with Crippen LogP contribution in [-0.2, 0) is 17.8 Å². The van der Waals surface area contributed by atoms with Crippen molar-refractivity contribution >= 4 is 11.8 Å². The van der Waals surface area contributed by atoms with Crippen LogP contribution in [0.25, 0.3) is 11.1 Å². The van der Waals surface area contributed by atoms with Crippen LogP contribution in [0.5, 0.6) is 0 Å². The first-order valence-corrected chi connectivity index (χ1v) is 10.6. The average Bonchev–Trinajstić information content (AvgIpc) is 2.80. The molecule has 3 aromatic carbocycles. The molecule has 3 aromatic rings. The standard InChI is InChI=1S/C26H25FN2O2/c27-24-12-8-19(9-13-24)17-29-26(31)23-4-1-3-21(16-23)20-10-6-18(7-11-20)15-22-5-2-14-28-25(22)30/h1,3-4,6-13,16,22H,2,5,14-15,17H2,(H,28,30)(H,29,31)/t22-/m0/s1. The lowest BCUT2D eigenvalue weighted by molar-refractivity contribution is -0.126. The zero-order valence-electron chi connectivity index (χ0n) is 17.2. The molecule has 0 radical (unpaired) electrons. The van der Waals surface area contributed by atoms with Gasteiger partial charge < -0.3 is 10.6 Å². The Bertz CT molecular complexity index is 1060. The van der Waals surface area contributed by atoms with Crippen LogP contribution in [0.1, 0.15) is 34.3 Å². The Morgan fingerprint density at radius 2 is 1.71 bits per heavy atom. The molecule has 1 heterocycles. The largest absolute Gasteiger partial charge is 0.356 e. The second kappa shape index (κ2) is 9.56. The number of hydrogen-bond acceptors (Lipinski definition) is 2. The van der Waals surface area contributed by atoms with Crippen LogP contribution in [0.15, 0.2) is 72.8 Å². The molecule has 1 fully saturated rings. The summed E-state index contributed by atoms with van der Waals surface area (Å²) in [5, 5.41) is 5.81. The van der Waals surface area contributed by atoms with Crippen molar-refractivity contribution in [1.29, 1.82) is 0 Å². The Hall–Kier alpha value is -3.47. The van der Waals surface area contributed by atoms with Gasteiger partial charge in [-0.3, -0.25) is 9.59 Å². The van der Waals surface area contributed by atoms with Crippen LogP contribution in [0, 0.1) is 11.7 Å². The summed E-state index contributed by atoms with van der Waals surface area (Å²) < 4.78 is 13.0. The summed E-state index contributed by atoms with van der Waals surface area (Å²) in [5.41, 5.74) is 4.52. The molecule has 31 heavy (non-hydrogen) atoms. The van der Waals surface area contributed by atoms with Crippen molar-refractivity contribution in [2.24, 2.45) is 5.92 Å². The van der Waals surface area contributed by atoms with Crippen molar-refractivity contribution in [3.8, 4) is 11.1 Å². The Kier molecular flexibility index (Phi) is 6.41. The number of carbonyl (C=O) groups excluding carboxylic acids is 2. The van der Waals surface area contributed by atoms with Crippen LogP contribution in [0.2, 0.25) is 0 Å². The minimum atomic E-state index is -0.296. The highest BCUT2D eigenvalue weighted by atomic mass is 19.1. The number of amides is 2. The minimum Gasteiger partial charge on any atom is -0.356 e. The van der Waals surface area contributed by atoms with E-state index in [1.807, 2.05) is 30.3 Å². The van der Waals surface area contributed by atoms with E-state index in [4.69, 9.17) is 0 Å². The lowest BCUT2D eigenvalue weighted by atomic mass is 9.91. The first kappa shape index (κ1) is 20.8. The number of piperidine rings is 1. The second-order valence-electron chi connectivity index (χ2n) is 7.92. The van der Waals surface area contributed by atoms with Crippen molar-refractivity contribution < 1.29 is 14.0 Å². The fraction of sp³-hybridized carbons (Fsp3) is 0.231. The number of benzene rings is 3.